The number of aryl methyl sites for hydroxylation is 1. The number of ether oxygens (including phenoxy) is 1. The molecule has 1 atom stereocenters. The van der Waals surface area contributed by atoms with Crippen molar-refractivity contribution in [2.24, 2.45) is 0 Å². The zero-order chi connectivity index (χ0) is 16.1. The lowest BCUT2D eigenvalue weighted by Gasteiger charge is -2.14. The first kappa shape index (κ1) is 15.3. The van der Waals surface area contributed by atoms with Crippen molar-refractivity contribution in [1.29, 1.82) is 0 Å². The third kappa shape index (κ3) is 3.76. The van der Waals surface area contributed by atoms with E-state index < -0.39 is 6.10 Å². The van der Waals surface area contributed by atoms with Gasteiger partial charge in [-0.05, 0) is 24.1 Å². The number of aromatic nitrogens is 1. The molecule has 0 saturated carbocycles. The summed E-state index contributed by atoms with van der Waals surface area (Å²) in [7, 11) is 0. The van der Waals surface area contributed by atoms with Crippen molar-refractivity contribution in [3.8, 4) is 5.88 Å². The highest BCUT2D eigenvalue weighted by Gasteiger charge is 2.14. The summed E-state index contributed by atoms with van der Waals surface area (Å²) in [4.78, 5) is 4.45. The fourth-order valence-electron chi connectivity index (χ4n) is 2.46. The van der Waals surface area contributed by atoms with Crippen LogP contribution in [-0.4, -0.2) is 10.1 Å². The Morgan fingerprint density at radius 3 is 2.22 bits per heavy atom. The molecule has 0 bridgehead atoms. The van der Waals surface area contributed by atoms with Gasteiger partial charge in [0.25, 0.3) is 0 Å². The molecule has 1 N–H and O–H groups in total. The first-order valence-corrected chi connectivity index (χ1v) is 7.61. The average molecular weight is 305 g/mol. The Bertz CT molecular complexity index is 757. The van der Waals surface area contributed by atoms with Crippen LogP contribution in [0.3, 0.4) is 0 Å². The molecule has 0 aliphatic rings. The van der Waals surface area contributed by atoms with E-state index in [0.717, 1.165) is 22.4 Å². The molecule has 23 heavy (non-hydrogen) atoms. The van der Waals surface area contributed by atoms with Crippen molar-refractivity contribution in [1.82, 2.24) is 4.98 Å². The van der Waals surface area contributed by atoms with Crippen LogP contribution in [0, 0.1) is 6.92 Å². The zero-order valence-electron chi connectivity index (χ0n) is 13.0. The lowest BCUT2D eigenvalue weighted by molar-refractivity contribution is 0.218. The van der Waals surface area contributed by atoms with Gasteiger partial charge in [-0.2, -0.15) is 0 Å². The van der Waals surface area contributed by atoms with Gasteiger partial charge in [-0.15, -0.1) is 0 Å². The van der Waals surface area contributed by atoms with Crippen molar-refractivity contribution < 1.29 is 9.84 Å². The number of benzene rings is 2. The van der Waals surface area contributed by atoms with Gasteiger partial charge >= 0.3 is 0 Å². The van der Waals surface area contributed by atoms with Gasteiger partial charge in [0.05, 0.1) is 0 Å². The molecule has 3 aromatic rings. The van der Waals surface area contributed by atoms with E-state index in [4.69, 9.17) is 4.74 Å². The van der Waals surface area contributed by atoms with Crippen LogP contribution < -0.4 is 4.74 Å². The van der Waals surface area contributed by atoms with Gasteiger partial charge in [0.2, 0.25) is 5.88 Å². The third-order valence-electron chi connectivity index (χ3n) is 3.74. The molecule has 2 aromatic carbocycles. The zero-order valence-corrected chi connectivity index (χ0v) is 13.0. The van der Waals surface area contributed by atoms with Crippen LogP contribution in [0.25, 0.3) is 0 Å². The van der Waals surface area contributed by atoms with Crippen LogP contribution in [-0.2, 0) is 6.61 Å². The lowest BCUT2D eigenvalue weighted by atomic mass is 10.0. The molecule has 3 heteroatoms. The Morgan fingerprint density at radius 1 is 0.913 bits per heavy atom. The van der Waals surface area contributed by atoms with E-state index in [1.165, 1.54) is 0 Å². The summed E-state index contributed by atoms with van der Waals surface area (Å²) in [5.41, 5.74) is 3.52. The number of rotatable bonds is 5. The molecule has 1 heterocycles. The molecule has 116 valence electrons. The van der Waals surface area contributed by atoms with E-state index in [2.05, 4.69) is 4.98 Å². The summed E-state index contributed by atoms with van der Waals surface area (Å²) in [6, 6.07) is 23.2. The highest BCUT2D eigenvalue weighted by atomic mass is 16.5. The van der Waals surface area contributed by atoms with Crippen molar-refractivity contribution in [3.05, 3.63) is 95.2 Å². The minimum Gasteiger partial charge on any atom is -0.473 e. The molecular formula is C20H19NO2. The van der Waals surface area contributed by atoms with Crippen LogP contribution in [0.1, 0.15) is 28.5 Å². The molecule has 0 unspecified atom stereocenters. The smallest absolute Gasteiger partial charge is 0.213 e. The maximum absolute atomic E-state index is 10.5. The predicted octanol–water partition coefficient (Wildman–Crippen LogP) is 4.05. The van der Waals surface area contributed by atoms with Crippen LogP contribution in [0.5, 0.6) is 5.88 Å². The molecule has 3 rings (SSSR count). The molecule has 0 aliphatic carbocycles. The number of pyridine rings is 1. The number of aliphatic hydroxyl groups excluding tert-OH is 1. The fraction of sp³-hybridized carbons (Fsp3) is 0.150. The number of hydrogen-bond acceptors (Lipinski definition) is 3. The van der Waals surface area contributed by atoms with E-state index in [1.54, 1.807) is 6.07 Å². The van der Waals surface area contributed by atoms with Gasteiger partial charge in [-0.25, -0.2) is 4.98 Å². The molecule has 0 saturated heterocycles. The molecule has 3 nitrogen and oxygen atoms in total. The summed E-state index contributed by atoms with van der Waals surface area (Å²) < 4.78 is 5.72. The molecular weight excluding hydrogens is 286 g/mol. The van der Waals surface area contributed by atoms with E-state index in [9.17, 15) is 5.11 Å². The van der Waals surface area contributed by atoms with Gasteiger partial charge in [-0.1, -0.05) is 60.7 Å². The van der Waals surface area contributed by atoms with Crippen molar-refractivity contribution in [2.45, 2.75) is 19.6 Å². The van der Waals surface area contributed by atoms with Gasteiger partial charge in [0.1, 0.15) is 12.7 Å². The van der Waals surface area contributed by atoms with E-state index in [0.29, 0.717) is 12.5 Å². The molecule has 1 aromatic heterocycles. The van der Waals surface area contributed by atoms with E-state index in [-0.39, 0.29) is 0 Å². The highest BCUT2D eigenvalue weighted by molar-refractivity contribution is 5.34. The van der Waals surface area contributed by atoms with Gasteiger partial charge in [0, 0.05) is 17.3 Å². The largest absolute Gasteiger partial charge is 0.473 e. The molecule has 0 radical (unpaired) electrons. The number of nitrogens with zero attached hydrogens (tertiary/aromatic N) is 1. The maximum atomic E-state index is 10.5. The minimum atomic E-state index is -0.674. The van der Waals surface area contributed by atoms with Crippen LogP contribution in [0.2, 0.25) is 0 Å². The quantitative estimate of drug-likeness (QED) is 0.773. The maximum Gasteiger partial charge on any atom is 0.213 e. The summed E-state index contributed by atoms with van der Waals surface area (Å²) >= 11 is 0. The van der Waals surface area contributed by atoms with Gasteiger partial charge < -0.3 is 9.84 Å². The van der Waals surface area contributed by atoms with Gasteiger partial charge in [-0.3, -0.25) is 0 Å². The van der Waals surface area contributed by atoms with Gasteiger partial charge in [0.15, 0.2) is 0 Å². The highest BCUT2D eigenvalue weighted by Crippen LogP contribution is 2.25. The Kier molecular flexibility index (Phi) is 4.69. The first-order valence-electron chi connectivity index (χ1n) is 7.61. The van der Waals surface area contributed by atoms with Crippen LogP contribution in [0.15, 0.2) is 72.8 Å². The Morgan fingerprint density at radius 2 is 1.57 bits per heavy atom. The molecule has 0 fully saturated rings. The minimum absolute atomic E-state index is 0.480. The Hall–Kier alpha value is -2.65. The second kappa shape index (κ2) is 7.07. The predicted molar refractivity (Wildman–Crippen MR) is 90.3 cm³/mol. The van der Waals surface area contributed by atoms with Crippen molar-refractivity contribution in [2.75, 3.05) is 0 Å². The summed E-state index contributed by atoms with van der Waals surface area (Å²) in [5.74, 6) is 0.565. The first-order chi connectivity index (χ1) is 11.2. The second-order valence-corrected chi connectivity index (χ2v) is 5.41. The van der Waals surface area contributed by atoms with Crippen LogP contribution >= 0.6 is 0 Å². The van der Waals surface area contributed by atoms with E-state index >= 15 is 0 Å². The lowest BCUT2D eigenvalue weighted by Crippen LogP contribution is -2.05. The van der Waals surface area contributed by atoms with Crippen molar-refractivity contribution in [3.63, 3.8) is 0 Å². The monoisotopic (exact) mass is 305 g/mol. The molecule has 0 aliphatic heterocycles. The van der Waals surface area contributed by atoms with Crippen molar-refractivity contribution >= 4 is 0 Å². The number of aliphatic hydroxyl groups is 1. The average Bonchev–Trinajstić information content (AvgIpc) is 2.61. The second-order valence-electron chi connectivity index (χ2n) is 5.41. The Balaban J connectivity index is 1.73. The standard InChI is InChI=1S/C20H19NO2/c1-15-18(20(22)17-10-6-3-7-11-17)12-13-19(21-15)23-14-16-8-4-2-5-9-16/h2-13,20,22H,14H2,1H3/t20-/m1/s1. The topological polar surface area (TPSA) is 42.4 Å². The Labute approximate surface area is 136 Å². The van der Waals surface area contributed by atoms with Crippen LogP contribution in [0.4, 0.5) is 0 Å². The molecule has 0 spiro atoms. The summed E-state index contributed by atoms with van der Waals surface area (Å²) in [5, 5.41) is 10.5. The fourth-order valence-corrected chi connectivity index (χ4v) is 2.46. The number of hydrogen-bond donors (Lipinski definition) is 1. The van der Waals surface area contributed by atoms with E-state index in [1.807, 2.05) is 73.7 Å². The molecule has 0 amide bonds. The third-order valence-corrected chi connectivity index (χ3v) is 3.74. The SMILES string of the molecule is Cc1nc(OCc2ccccc2)ccc1[C@H](O)c1ccccc1. The summed E-state index contributed by atoms with van der Waals surface area (Å²) in [6.45, 7) is 2.37. The normalized spacial score (nSPS) is 11.9. The summed E-state index contributed by atoms with van der Waals surface area (Å²) in [6.07, 6.45) is -0.674.